The Balaban J connectivity index is 2.09. The molecule has 0 bridgehead atoms. The normalized spacial score (nSPS) is 24.6. The molecular weight excluding hydrogens is 260 g/mol. The second-order valence-corrected chi connectivity index (χ2v) is 6.95. The Hall–Kier alpha value is -0.710. The minimum atomic E-state index is -0.255. The summed E-state index contributed by atoms with van der Waals surface area (Å²) in [5.41, 5.74) is 0. The van der Waals surface area contributed by atoms with Crippen LogP contribution in [0.1, 0.15) is 39.5 Å². The van der Waals surface area contributed by atoms with Gasteiger partial charge < -0.3 is 10.2 Å². The molecule has 1 saturated heterocycles. The van der Waals surface area contributed by atoms with Gasteiger partial charge in [0.05, 0.1) is 6.54 Å². The first-order valence-corrected chi connectivity index (χ1v) is 8.41. The van der Waals surface area contributed by atoms with Crippen molar-refractivity contribution in [2.24, 2.45) is 5.92 Å². The van der Waals surface area contributed by atoms with Gasteiger partial charge in [0.1, 0.15) is 6.04 Å². The molecule has 0 aromatic heterocycles. The molecule has 1 heterocycles. The van der Waals surface area contributed by atoms with E-state index in [1.54, 1.807) is 4.90 Å². The molecule has 0 aromatic carbocycles. The molecule has 0 spiro atoms. The first kappa shape index (κ1) is 14.7. The van der Waals surface area contributed by atoms with Crippen molar-refractivity contribution in [2.45, 2.75) is 50.3 Å². The lowest BCUT2D eigenvalue weighted by Crippen LogP contribution is -2.61. The first-order chi connectivity index (χ1) is 9.05. The quantitative estimate of drug-likeness (QED) is 0.807. The van der Waals surface area contributed by atoms with Crippen LogP contribution in [0.3, 0.4) is 0 Å². The monoisotopic (exact) mass is 284 g/mol. The maximum atomic E-state index is 12.5. The number of nitrogens with one attached hydrogen (secondary N) is 1. The van der Waals surface area contributed by atoms with Crippen LogP contribution in [0.5, 0.6) is 0 Å². The van der Waals surface area contributed by atoms with Crippen molar-refractivity contribution in [3.05, 3.63) is 0 Å². The lowest BCUT2D eigenvalue weighted by atomic mass is 9.99. The van der Waals surface area contributed by atoms with Crippen LogP contribution >= 0.6 is 11.8 Å². The van der Waals surface area contributed by atoms with E-state index < -0.39 is 0 Å². The molecule has 5 heteroatoms. The molecule has 1 saturated carbocycles. The first-order valence-electron chi connectivity index (χ1n) is 7.18. The molecule has 0 radical (unpaired) electrons. The molecule has 19 heavy (non-hydrogen) atoms. The lowest BCUT2D eigenvalue weighted by Gasteiger charge is -2.39. The van der Waals surface area contributed by atoms with Gasteiger partial charge in [0, 0.05) is 11.3 Å². The Bertz CT molecular complexity index is 356. The molecule has 1 aliphatic heterocycles. The highest BCUT2D eigenvalue weighted by Crippen LogP contribution is 2.36. The molecule has 2 amide bonds. The van der Waals surface area contributed by atoms with Crippen LogP contribution in [0, 0.1) is 5.92 Å². The van der Waals surface area contributed by atoms with Gasteiger partial charge in [0.15, 0.2) is 0 Å². The zero-order valence-electron chi connectivity index (χ0n) is 12.1. The Morgan fingerprint density at radius 3 is 2.42 bits per heavy atom. The van der Waals surface area contributed by atoms with Crippen molar-refractivity contribution in [1.29, 1.82) is 0 Å². The van der Waals surface area contributed by atoms with E-state index in [2.05, 4.69) is 25.4 Å². The third kappa shape index (κ3) is 3.07. The summed E-state index contributed by atoms with van der Waals surface area (Å²) < 4.78 is 0.0847. The van der Waals surface area contributed by atoms with Crippen LogP contribution in [0.15, 0.2) is 0 Å². The Kier molecular flexibility index (Phi) is 4.43. The van der Waals surface area contributed by atoms with Crippen LogP contribution < -0.4 is 5.32 Å². The van der Waals surface area contributed by atoms with Gasteiger partial charge in [0.25, 0.3) is 0 Å². The van der Waals surface area contributed by atoms with Crippen LogP contribution in [0.2, 0.25) is 0 Å². The second-order valence-electron chi connectivity index (χ2n) is 5.67. The highest BCUT2D eigenvalue weighted by atomic mass is 32.2. The smallest absolute Gasteiger partial charge is 0.245 e. The number of carbonyl (C=O) groups is 2. The Morgan fingerprint density at radius 1 is 1.32 bits per heavy atom. The predicted molar refractivity (Wildman–Crippen MR) is 78.1 cm³/mol. The average Bonchev–Trinajstić information content (AvgIpc) is 3.24. The van der Waals surface area contributed by atoms with Crippen molar-refractivity contribution in [3.63, 3.8) is 0 Å². The zero-order valence-corrected chi connectivity index (χ0v) is 12.9. The highest BCUT2D eigenvalue weighted by molar-refractivity contribution is 8.00. The average molecular weight is 284 g/mol. The van der Waals surface area contributed by atoms with Crippen molar-refractivity contribution in [2.75, 3.05) is 19.3 Å². The fraction of sp³-hybridized carbons (Fsp3) is 0.857. The molecule has 1 atom stereocenters. The summed E-state index contributed by atoms with van der Waals surface area (Å²) >= 11 is 1.81. The molecule has 108 valence electrons. The summed E-state index contributed by atoms with van der Waals surface area (Å²) in [6, 6.07) is -0.255. The van der Waals surface area contributed by atoms with E-state index >= 15 is 0 Å². The minimum Gasteiger partial charge on any atom is -0.342 e. The van der Waals surface area contributed by atoms with Crippen molar-refractivity contribution in [3.8, 4) is 0 Å². The number of hydrogen-bond acceptors (Lipinski definition) is 3. The number of rotatable bonds is 6. The molecule has 2 fully saturated rings. The summed E-state index contributed by atoms with van der Waals surface area (Å²) in [7, 11) is 0. The summed E-state index contributed by atoms with van der Waals surface area (Å²) in [5, 5.41) is 2.86. The molecule has 0 aromatic rings. The number of carbonyl (C=O) groups excluding carboxylic acids is 2. The molecule has 4 nitrogen and oxygen atoms in total. The number of thioether (sulfide) groups is 1. The summed E-state index contributed by atoms with van der Waals surface area (Å²) in [6.45, 7) is 5.24. The van der Waals surface area contributed by atoms with Crippen LogP contribution in [-0.2, 0) is 9.59 Å². The van der Waals surface area contributed by atoms with E-state index in [1.165, 1.54) is 0 Å². The maximum Gasteiger partial charge on any atom is 0.245 e. The summed E-state index contributed by atoms with van der Waals surface area (Å²) in [5.74, 6) is 0.507. The van der Waals surface area contributed by atoms with Gasteiger partial charge in [0.2, 0.25) is 11.8 Å². The lowest BCUT2D eigenvalue weighted by molar-refractivity contribution is -0.145. The third-order valence-corrected chi connectivity index (χ3v) is 6.10. The second kappa shape index (κ2) is 5.73. The van der Waals surface area contributed by atoms with Gasteiger partial charge >= 0.3 is 0 Å². The zero-order chi connectivity index (χ0) is 14.0. The van der Waals surface area contributed by atoms with Gasteiger partial charge in [-0.1, -0.05) is 13.8 Å². The highest BCUT2D eigenvalue weighted by Gasteiger charge is 2.44. The largest absolute Gasteiger partial charge is 0.342 e. The fourth-order valence-corrected chi connectivity index (χ4v) is 3.65. The van der Waals surface area contributed by atoms with Crippen LogP contribution in [-0.4, -0.2) is 46.8 Å². The number of amides is 2. The molecule has 1 unspecified atom stereocenters. The van der Waals surface area contributed by atoms with Crippen molar-refractivity contribution in [1.82, 2.24) is 10.2 Å². The number of hydrogen-bond donors (Lipinski definition) is 1. The summed E-state index contributed by atoms with van der Waals surface area (Å²) in [6.07, 6.45) is 6.27. The predicted octanol–water partition coefficient (Wildman–Crippen LogP) is 1.65. The van der Waals surface area contributed by atoms with Gasteiger partial charge in [-0.15, -0.1) is 0 Å². The topological polar surface area (TPSA) is 49.4 Å². The van der Waals surface area contributed by atoms with E-state index in [1.807, 2.05) is 11.8 Å². The van der Waals surface area contributed by atoms with E-state index in [4.69, 9.17) is 0 Å². The van der Waals surface area contributed by atoms with E-state index in [-0.39, 0.29) is 29.1 Å². The van der Waals surface area contributed by atoms with Crippen LogP contribution in [0.4, 0.5) is 0 Å². The Labute approximate surface area is 119 Å². The maximum absolute atomic E-state index is 12.5. The van der Waals surface area contributed by atoms with Gasteiger partial charge in [-0.2, -0.15) is 11.8 Å². The molecule has 2 aliphatic rings. The fourth-order valence-electron chi connectivity index (χ4n) is 2.79. The summed E-state index contributed by atoms with van der Waals surface area (Å²) in [4.78, 5) is 26.1. The standard InChI is InChI=1S/C14H24N2O2S/c1-4-14(5-2,19-3)9-16-8-11(17)15-12(13(16)18)10-6-7-10/h10,12H,4-9H2,1-3H3,(H,15,17). The van der Waals surface area contributed by atoms with E-state index in [0.29, 0.717) is 12.5 Å². The molecule has 1 aliphatic carbocycles. The van der Waals surface area contributed by atoms with E-state index in [9.17, 15) is 9.59 Å². The SMILES string of the molecule is CCC(CC)(CN1CC(=O)NC(C2CC2)C1=O)SC. The van der Waals surface area contributed by atoms with Crippen molar-refractivity contribution >= 4 is 23.6 Å². The third-order valence-electron chi connectivity index (χ3n) is 4.52. The number of nitrogens with zero attached hydrogens (tertiary/aromatic N) is 1. The Morgan fingerprint density at radius 2 is 1.95 bits per heavy atom. The molecular formula is C14H24N2O2S. The van der Waals surface area contributed by atoms with Gasteiger partial charge in [-0.05, 0) is 37.9 Å². The van der Waals surface area contributed by atoms with E-state index in [0.717, 1.165) is 25.7 Å². The van der Waals surface area contributed by atoms with Crippen molar-refractivity contribution < 1.29 is 9.59 Å². The van der Waals surface area contributed by atoms with Gasteiger partial charge in [-0.25, -0.2) is 0 Å². The minimum absolute atomic E-state index is 0.00120. The number of piperazine rings is 1. The molecule has 2 rings (SSSR count). The molecule has 1 N–H and O–H groups in total. The van der Waals surface area contributed by atoms with Crippen LogP contribution in [0.25, 0.3) is 0 Å². The van der Waals surface area contributed by atoms with Gasteiger partial charge in [-0.3, -0.25) is 9.59 Å².